The highest BCUT2D eigenvalue weighted by molar-refractivity contribution is 7.21. The lowest BCUT2D eigenvalue weighted by molar-refractivity contribution is 0.410. The van der Waals surface area contributed by atoms with Crippen molar-refractivity contribution in [3.8, 4) is 34.1 Å². The molecule has 0 amide bonds. The predicted octanol–water partition coefficient (Wildman–Crippen LogP) is 4.62. The molecule has 0 saturated heterocycles. The zero-order chi connectivity index (χ0) is 18.6. The summed E-state index contributed by atoms with van der Waals surface area (Å²) in [4.78, 5) is 13.4. The summed E-state index contributed by atoms with van der Waals surface area (Å²) < 4.78 is 11.9. The van der Waals surface area contributed by atoms with Gasteiger partial charge in [-0.2, -0.15) is 10.2 Å². The molecule has 0 atom stereocenters. The van der Waals surface area contributed by atoms with Gasteiger partial charge in [-0.15, -0.1) is 11.3 Å². The van der Waals surface area contributed by atoms with Crippen LogP contribution in [-0.4, -0.2) is 22.1 Å². The fraction of sp³-hybridized carbons (Fsp3) is 0.100. The molecule has 0 fully saturated rings. The molecule has 0 saturated carbocycles. The van der Waals surface area contributed by atoms with Crippen molar-refractivity contribution < 1.29 is 9.47 Å². The van der Waals surface area contributed by atoms with Crippen LogP contribution < -0.4 is 9.47 Å². The average molecular weight is 374 g/mol. The number of rotatable bonds is 5. The van der Waals surface area contributed by atoms with E-state index in [1.807, 2.05) is 24.3 Å². The second-order valence-corrected chi connectivity index (χ2v) is 6.64. The van der Waals surface area contributed by atoms with Gasteiger partial charge in [0.25, 0.3) is 0 Å². The second kappa shape index (κ2) is 7.40. The van der Waals surface area contributed by atoms with Crippen molar-refractivity contribution in [3.63, 3.8) is 0 Å². The molecular formula is C20H14N4O2S. The standard InChI is InChI=1S/C20H14N4O2S/c1-25-13-6-8-14(9-7-13)26-20-22-12-15(16(24-20)10-11-21)19-23-17-4-2-3-5-18(17)27-19/h2-9,12H,10H2,1H3. The predicted molar refractivity (Wildman–Crippen MR) is 103 cm³/mol. The molecule has 27 heavy (non-hydrogen) atoms. The van der Waals surface area contributed by atoms with Crippen LogP contribution in [0.15, 0.2) is 54.7 Å². The number of methoxy groups -OCH3 is 1. The first-order valence-electron chi connectivity index (χ1n) is 8.17. The molecular weight excluding hydrogens is 360 g/mol. The number of nitrogens with zero attached hydrogens (tertiary/aromatic N) is 4. The Balaban J connectivity index is 1.67. The highest BCUT2D eigenvalue weighted by Gasteiger charge is 2.14. The molecule has 0 aliphatic heterocycles. The largest absolute Gasteiger partial charge is 0.497 e. The number of hydrogen-bond donors (Lipinski definition) is 0. The van der Waals surface area contributed by atoms with E-state index in [1.54, 1.807) is 48.9 Å². The van der Waals surface area contributed by atoms with Crippen molar-refractivity contribution >= 4 is 21.6 Å². The molecule has 0 aliphatic carbocycles. The van der Waals surface area contributed by atoms with Crippen LogP contribution in [-0.2, 0) is 6.42 Å². The third kappa shape index (κ3) is 3.57. The van der Waals surface area contributed by atoms with Crippen LogP contribution in [0.5, 0.6) is 17.5 Å². The Morgan fingerprint density at radius 1 is 1.04 bits per heavy atom. The molecule has 0 spiro atoms. The van der Waals surface area contributed by atoms with Gasteiger partial charge in [0.2, 0.25) is 0 Å². The zero-order valence-corrected chi connectivity index (χ0v) is 15.2. The van der Waals surface area contributed by atoms with Gasteiger partial charge in [0.15, 0.2) is 0 Å². The number of fused-ring (bicyclic) bond motifs is 1. The Kier molecular flexibility index (Phi) is 4.64. The molecule has 4 rings (SSSR count). The number of benzene rings is 2. The van der Waals surface area contributed by atoms with Crippen molar-refractivity contribution in [2.75, 3.05) is 7.11 Å². The lowest BCUT2D eigenvalue weighted by Crippen LogP contribution is -1.99. The normalized spacial score (nSPS) is 10.5. The molecule has 2 heterocycles. The molecule has 0 radical (unpaired) electrons. The SMILES string of the molecule is COc1ccc(Oc2ncc(-c3nc4ccccc4s3)c(CC#N)n2)cc1. The Bertz CT molecular complexity index is 1100. The van der Waals surface area contributed by atoms with Gasteiger partial charge in [-0.3, -0.25) is 0 Å². The van der Waals surface area contributed by atoms with E-state index in [0.29, 0.717) is 11.4 Å². The van der Waals surface area contributed by atoms with Crippen molar-refractivity contribution in [1.29, 1.82) is 5.26 Å². The first-order valence-corrected chi connectivity index (χ1v) is 8.99. The minimum absolute atomic E-state index is 0.146. The lowest BCUT2D eigenvalue weighted by atomic mass is 10.2. The number of hydrogen-bond acceptors (Lipinski definition) is 7. The van der Waals surface area contributed by atoms with Gasteiger partial charge < -0.3 is 9.47 Å². The molecule has 2 aromatic carbocycles. The average Bonchev–Trinajstić information content (AvgIpc) is 3.13. The number of nitriles is 1. The first kappa shape index (κ1) is 16.9. The summed E-state index contributed by atoms with van der Waals surface area (Å²) in [5.41, 5.74) is 2.26. The van der Waals surface area contributed by atoms with E-state index < -0.39 is 0 Å². The fourth-order valence-electron chi connectivity index (χ4n) is 2.57. The van der Waals surface area contributed by atoms with E-state index in [4.69, 9.17) is 9.47 Å². The van der Waals surface area contributed by atoms with Crippen LogP contribution in [0.4, 0.5) is 0 Å². The molecule has 0 aliphatic rings. The Morgan fingerprint density at radius 3 is 2.56 bits per heavy atom. The van der Waals surface area contributed by atoms with Gasteiger partial charge in [0.05, 0.1) is 41.1 Å². The molecule has 6 nitrogen and oxygen atoms in total. The summed E-state index contributed by atoms with van der Waals surface area (Å²) in [6, 6.07) is 17.4. The summed E-state index contributed by atoms with van der Waals surface area (Å²) in [5, 5.41) is 9.98. The quantitative estimate of drug-likeness (QED) is 0.507. The topological polar surface area (TPSA) is 80.9 Å². The molecule has 4 aromatic rings. The minimum Gasteiger partial charge on any atom is -0.497 e. The molecule has 0 N–H and O–H groups in total. The first-order chi connectivity index (χ1) is 13.3. The van der Waals surface area contributed by atoms with Crippen LogP contribution in [0, 0.1) is 11.3 Å². The Morgan fingerprint density at radius 2 is 1.81 bits per heavy atom. The molecule has 0 unspecified atom stereocenters. The third-order valence-electron chi connectivity index (χ3n) is 3.88. The summed E-state index contributed by atoms with van der Waals surface area (Å²) in [6.45, 7) is 0. The lowest BCUT2D eigenvalue weighted by Gasteiger charge is -2.08. The van der Waals surface area contributed by atoms with Gasteiger partial charge in [-0.05, 0) is 36.4 Å². The molecule has 132 valence electrons. The molecule has 0 bridgehead atoms. The summed E-state index contributed by atoms with van der Waals surface area (Å²) in [5.74, 6) is 1.33. The van der Waals surface area contributed by atoms with E-state index in [-0.39, 0.29) is 12.4 Å². The van der Waals surface area contributed by atoms with Crippen LogP contribution >= 0.6 is 11.3 Å². The fourth-order valence-corrected chi connectivity index (χ4v) is 3.57. The zero-order valence-electron chi connectivity index (χ0n) is 14.4. The van der Waals surface area contributed by atoms with Gasteiger partial charge in [-0.25, -0.2) is 9.97 Å². The molecule has 2 aromatic heterocycles. The van der Waals surface area contributed by atoms with Gasteiger partial charge >= 0.3 is 6.01 Å². The number of ether oxygens (including phenoxy) is 2. The second-order valence-electron chi connectivity index (χ2n) is 5.61. The summed E-state index contributed by atoms with van der Waals surface area (Å²) >= 11 is 1.55. The van der Waals surface area contributed by atoms with Crippen molar-refractivity contribution in [2.45, 2.75) is 6.42 Å². The van der Waals surface area contributed by atoms with Gasteiger partial charge in [-0.1, -0.05) is 12.1 Å². The van der Waals surface area contributed by atoms with Crippen LogP contribution in [0.2, 0.25) is 0 Å². The maximum atomic E-state index is 9.19. The van der Waals surface area contributed by atoms with Crippen molar-refractivity contribution in [2.24, 2.45) is 0 Å². The van der Waals surface area contributed by atoms with Crippen LogP contribution in [0.3, 0.4) is 0 Å². The van der Waals surface area contributed by atoms with Crippen molar-refractivity contribution in [3.05, 3.63) is 60.4 Å². The van der Waals surface area contributed by atoms with Crippen molar-refractivity contribution in [1.82, 2.24) is 15.0 Å². The Hall–Kier alpha value is -3.50. The monoisotopic (exact) mass is 374 g/mol. The number of thiazole rings is 1. The maximum Gasteiger partial charge on any atom is 0.322 e. The number of aromatic nitrogens is 3. The van der Waals surface area contributed by atoms with E-state index in [0.717, 1.165) is 26.5 Å². The Labute approximate surface area is 159 Å². The summed E-state index contributed by atoms with van der Waals surface area (Å²) in [7, 11) is 1.61. The number of para-hydroxylation sites is 1. The smallest absolute Gasteiger partial charge is 0.322 e. The highest BCUT2D eigenvalue weighted by atomic mass is 32.1. The van der Waals surface area contributed by atoms with E-state index in [9.17, 15) is 5.26 Å². The van der Waals surface area contributed by atoms with Crippen LogP contribution in [0.1, 0.15) is 5.69 Å². The summed E-state index contributed by atoms with van der Waals surface area (Å²) in [6.07, 6.45) is 1.81. The van der Waals surface area contributed by atoms with Gasteiger partial charge in [0.1, 0.15) is 16.5 Å². The third-order valence-corrected chi connectivity index (χ3v) is 4.95. The minimum atomic E-state index is 0.146. The van der Waals surface area contributed by atoms with Crippen LogP contribution in [0.25, 0.3) is 20.8 Å². The van der Waals surface area contributed by atoms with E-state index in [1.165, 1.54) is 0 Å². The molecule has 7 heteroatoms. The maximum absolute atomic E-state index is 9.19. The van der Waals surface area contributed by atoms with E-state index >= 15 is 0 Å². The van der Waals surface area contributed by atoms with Gasteiger partial charge in [0, 0.05) is 6.20 Å². The van der Waals surface area contributed by atoms with E-state index in [2.05, 4.69) is 21.0 Å². The highest BCUT2D eigenvalue weighted by Crippen LogP contribution is 2.32.